The number of rotatable bonds is 6. The SMILES string of the molecule is CC(OCC1CCCC1CN)C(=O)NC1CC1. The Balaban J connectivity index is 1.67. The van der Waals surface area contributed by atoms with Gasteiger partial charge in [0, 0.05) is 6.04 Å². The van der Waals surface area contributed by atoms with Gasteiger partial charge < -0.3 is 15.8 Å². The fourth-order valence-electron chi connectivity index (χ4n) is 2.53. The molecule has 3 atom stereocenters. The number of carbonyl (C=O) groups is 1. The second-order valence-electron chi connectivity index (χ2n) is 5.45. The maximum atomic E-state index is 11.7. The first-order valence-corrected chi connectivity index (χ1v) is 6.82. The van der Waals surface area contributed by atoms with Crippen LogP contribution < -0.4 is 11.1 Å². The van der Waals surface area contributed by atoms with Gasteiger partial charge in [-0.2, -0.15) is 0 Å². The lowest BCUT2D eigenvalue weighted by atomic mass is 9.97. The lowest BCUT2D eigenvalue weighted by Crippen LogP contribution is -2.37. The topological polar surface area (TPSA) is 64.3 Å². The zero-order valence-electron chi connectivity index (χ0n) is 10.7. The first-order chi connectivity index (χ1) is 8.20. The highest BCUT2D eigenvalue weighted by molar-refractivity contribution is 5.80. The van der Waals surface area contributed by atoms with E-state index < -0.39 is 0 Å². The molecule has 2 aliphatic rings. The lowest BCUT2D eigenvalue weighted by Gasteiger charge is -2.20. The van der Waals surface area contributed by atoms with E-state index in [9.17, 15) is 4.79 Å². The highest BCUT2D eigenvalue weighted by Gasteiger charge is 2.29. The molecule has 3 N–H and O–H groups in total. The third kappa shape index (κ3) is 3.68. The summed E-state index contributed by atoms with van der Waals surface area (Å²) in [5.41, 5.74) is 5.73. The molecule has 0 heterocycles. The average molecular weight is 240 g/mol. The molecule has 2 saturated carbocycles. The number of hydrogen-bond acceptors (Lipinski definition) is 3. The van der Waals surface area contributed by atoms with Gasteiger partial charge in [-0.1, -0.05) is 6.42 Å². The van der Waals surface area contributed by atoms with Crippen molar-refractivity contribution in [2.24, 2.45) is 17.6 Å². The number of ether oxygens (including phenoxy) is 1. The Hall–Kier alpha value is -0.610. The lowest BCUT2D eigenvalue weighted by molar-refractivity contribution is -0.132. The van der Waals surface area contributed by atoms with Crippen molar-refractivity contribution in [1.82, 2.24) is 5.32 Å². The van der Waals surface area contributed by atoms with E-state index in [1.54, 1.807) is 0 Å². The molecule has 0 aromatic heterocycles. The Morgan fingerprint density at radius 1 is 1.35 bits per heavy atom. The Bertz CT molecular complexity index is 266. The second-order valence-corrected chi connectivity index (χ2v) is 5.45. The molecule has 0 aromatic carbocycles. The van der Waals surface area contributed by atoms with Crippen LogP contribution in [0.2, 0.25) is 0 Å². The summed E-state index contributed by atoms with van der Waals surface area (Å²) >= 11 is 0. The molecule has 2 fully saturated rings. The van der Waals surface area contributed by atoms with Crippen LogP contribution in [0, 0.1) is 11.8 Å². The minimum atomic E-state index is -0.324. The summed E-state index contributed by atoms with van der Waals surface area (Å²) in [5, 5.41) is 2.97. The van der Waals surface area contributed by atoms with Gasteiger partial charge in [-0.15, -0.1) is 0 Å². The minimum absolute atomic E-state index is 0.0368. The fourth-order valence-corrected chi connectivity index (χ4v) is 2.53. The maximum Gasteiger partial charge on any atom is 0.249 e. The Kier molecular flexibility index (Phi) is 4.40. The number of amides is 1. The number of carbonyl (C=O) groups excluding carboxylic acids is 1. The molecule has 0 aromatic rings. The van der Waals surface area contributed by atoms with Crippen molar-refractivity contribution >= 4 is 5.91 Å². The van der Waals surface area contributed by atoms with Gasteiger partial charge in [0.15, 0.2) is 0 Å². The van der Waals surface area contributed by atoms with Crippen LogP contribution in [0.1, 0.15) is 39.0 Å². The van der Waals surface area contributed by atoms with E-state index >= 15 is 0 Å². The summed E-state index contributed by atoms with van der Waals surface area (Å²) in [5.74, 6) is 1.18. The Morgan fingerprint density at radius 2 is 2.06 bits per heavy atom. The van der Waals surface area contributed by atoms with Crippen LogP contribution in [0.5, 0.6) is 0 Å². The molecule has 0 radical (unpaired) electrons. The molecular weight excluding hydrogens is 216 g/mol. The third-order valence-electron chi connectivity index (χ3n) is 3.97. The van der Waals surface area contributed by atoms with E-state index in [0.717, 1.165) is 19.4 Å². The van der Waals surface area contributed by atoms with Gasteiger partial charge in [-0.3, -0.25) is 4.79 Å². The molecule has 98 valence electrons. The standard InChI is InChI=1S/C13H24N2O2/c1-9(13(16)15-12-5-6-12)17-8-11-4-2-3-10(11)7-14/h9-12H,2-8,14H2,1H3,(H,15,16). The fraction of sp³-hybridized carbons (Fsp3) is 0.923. The molecule has 17 heavy (non-hydrogen) atoms. The Labute approximate surface area is 103 Å². The molecular formula is C13H24N2O2. The van der Waals surface area contributed by atoms with Gasteiger partial charge in [0.2, 0.25) is 5.91 Å². The van der Waals surface area contributed by atoms with Gasteiger partial charge in [-0.05, 0) is 51.0 Å². The van der Waals surface area contributed by atoms with Crippen LogP contribution in [0.4, 0.5) is 0 Å². The smallest absolute Gasteiger partial charge is 0.249 e. The van der Waals surface area contributed by atoms with Gasteiger partial charge in [0.25, 0.3) is 0 Å². The van der Waals surface area contributed by atoms with Crippen molar-refractivity contribution < 1.29 is 9.53 Å². The van der Waals surface area contributed by atoms with Crippen LogP contribution in [-0.2, 0) is 9.53 Å². The predicted octanol–water partition coefficient (Wildman–Crippen LogP) is 1.05. The molecule has 1 amide bonds. The largest absolute Gasteiger partial charge is 0.368 e. The van der Waals surface area contributed by atoms with Crippen LogP contribution in [-0.4, -0.2) is 31.2 Å². The third-order valence-corrected chi connectivity index (χ3v) is 3.97. The number of hydrogen-bond donors (Lipinski definition) is 2. The van der Waals surface area contributed by atoms with Gasteiger partial charge >= 0.3 is 0 Å². The molecule has 4 heteroatoms. The highest BCUT2D eigenvalue weighted by Crippen LogP contribution is 2.31. The highest BCUT2D eigenvalue weighted by atomic mass is 16.5. The zero-order valence-corrected chi connectivity index (χ0v) is 10.7. The van der Waals surface area contributed by atoms with Crippen molar-refractivity contribution in [3.8, 4) is 0 Å². The first-order valence-electron chi connectivity index (χ1n) is 6.82. The quantitative estimate of drug-likeness (QED) is 0.729. The summed E-state index contributed by atoms with van der Waals surface area (Å²) < 4.78 is 5.68. The molecule has 4 nitrogen and oxygen atoms in total. The van der Waals surface area contributed by atoms with Crippen molar-refractivity contribution in [3.63, 3.8) is 0 Å². The van der Waals surface area contributed by atoms with Crippen LogP contribution in [0.25, 0.3) is 0 Å². The normalized spacial score (nSPS) is 30.2. The van der Waals surface area contributed by atoms with Gasteiger partial charge in [0.05, 0.1) is 6.61 Å². The van der Waals surface area contributed by atoms with E-state index in [4.69, 9.17) is 10.5 Å². The van der Waals surface area contributed by atoms with E-state index in [-0.39, 0.29) is 12.0 Å². The molecule has 2 aliphatic carbocycles. The molecule has 3 unspecified atom stereocenters. The van der Waals surface area contributed by atoms with E-state index in [1.807, 2.05) is 6.92 Å². The predicted molar refractivity (Wildman–Crippen MR) is 66.5 cm³/mol. The van der Waals surface area contributed by atoms with Crippen LogP contribution in [0.15, 0.2) is 0 Å². The van der Waals surface area contributed by atoms with Crippen LogP contribution >= 0.6 is 0 Å². The molecule has 2 rings (SSSR count). The summed E-state index contributed by atoms with van der Waals surface area (Å²) in [6, 6.07) is 0.414. The van der Waals surface area contributed by atoms with Gasteiger partial charge in [0.1, 0.15) is 6.10 Å². The molecule has 0 bridgehead atoms. The molecule has 0 spiro atoms. The average Bonchev–Trinajstić information content (AvgIpc) is 3.02. The van der Waals surface area contributed by atoms with Crippen molar-refractivity contribution in [2.45, 2.75) is 51.2 Å². The number of nitrogens with two attached hydrogens (primary N) is 1. The van der Waals surface area contributed by atoms with E-state index in [2.05, 4.69) is 5.32 Å². The van der Waals surface area contributed by atoms with Gasteiger partial charge in [-0.25, -0.2) is 0 Å². The summed E-state index contributed by atoms with van der Waals surface area (Å²) in [4.78, 5) is 11.7. The summed E-state index contributed by atoms with van der Waals surface area (Å²) in [6.07, 6.45) is 5.58. The zero-order chi connectivity index (χ0) is 12.3. The van der Waals surface area contributed by atoms with Crippen LogP contribution in [0.3, 0.4) is 0 Å². The number of nitrogens with one attached hydrogen (secondary N) is 1. The Morgan fingerprint density at radius 3 is 2.71 bits per heavy atom. The van der Waals surface area contributed by atoms with E-state index in [0.29, 0.717) is 24.5 Å². The molecule has 0 saturated heterocycles. The minimum Gasteiger partial charge on any atom is -0.368 e. The monoisotopic (exact) mass is 240 g/mol. The maximum absolute atomic E-state index is 11.7. The molecule has 0 aliphatic heterocycles. The van der Waals surface area contributed by atoms with Crippen molar-refractivity contribution in [3.05, 3.63) is 0 Å². The first kappa shape index (κ1) is 12.8. The summed E-state index contributed by atoms with van der Waals surface area (Å²) in [6.45, 7) is 3.27. The van der Waals surface area contributed by atoms with E-state index in [1.165, 1.54) is 19.3 Å². The van der Waals surface area contributed by atoms with Crippen molar-refractivity contribution in [1.29, 1.82) is 0 Å². The second kappa shape index (κ2) is 5.83. The van der Waals surface area contributed by atoms with Crippen molar-refractivity contribution in [2.75, 3.05) is 13.2 Å². The summed E-state index contributed by atoms with van der Waals surface area (Å²) in [7, 11) is 0.